The van der Waals surface area contributed by atoms with Gasteiger partial charge in [-0.1, -0.05) is 15.9 Å². The second-order valence-corrected chi connectivity index (χ2v) is 6.16. The highest BCUT2D eigenvalue weighted by Crippen LogP contribution is 2.24. The Labute approximate surface area is 138 Å². The molecule has 1 aromatic heterocycles. The van der Waals surface area contributed by atoms with Gasteiger partial charge in [0, 0.05) is 34.5 Å². The van der Waals surface area contributed by atoms with Crippen LogP contribution in [-0.2, 0) is 9.59 Å². The van der Waals surface area contributed by atoms with E-state index in [0.29, 0.717) is 5.39 Å². The average molecular weight is 378 g/mol. The van der Waals surface area contributed by atoms with Crippen molar-refractivity contribution in [1.29, 1.82) is 0 Å². The number of Topliss-reactive ketones (excluding diaryl/α,β-unsaturated/α-hetero) is 2. The number of carbonyl (C=O) groups is 4. The number of benzene rings is 1. The quantitative estimate of drug-likeness (QED) is 0.554. The number of carbonyl (C=O) groups excluding carboxylic acids is 4. The minimum Gasteiger partial charge on any atom is -0.360 e. The van der Waals surface area contributed by atoms with Gasteiger partial charge in [0.1, 0.15) is 0 Å². The van der Waals surface area contributed by atoms with Gasteiger partial charge >= 0.3 is 6.03 Å². The van der Waals surface area contributed by atoms with E-state index in [1.54, 1.807) is 12.1 Å². The maximum Gasteiger partial charge on any atom is 0.321 e. The summed E-state index contributed by atoms with van der Waals surface area (Å²) < 4.78 is 0.792. The van der Waals surface area contributed by atoms with Crippen molar-refractivity contribution >= 4 is 50.3 Å². The molecule has 2 heterocycles. The van der Waals surface area contributed by atoms with Crippen molar-refractivity contribution in [2.45, 2.75) is 6.42 Å². The summed E-state index contributed by atoms with van der Waals surface area (Å²) in [6.45, 7) is 0.0448. The Bertz CT molecular complexity index is 842. The zero-order valence-corrected chi connectivity index (χ0v) is 13.4. The number of ketones is 2. The summed E-state index contributed by atoms with van der Waals surface area (Å²) in [6.07, 6.45) is 1.24. The summed E-state index contributed by atoms with van der Waals surface area (Å²) in [5.74, 6) is -2.60. The van der Waals surface area contributed by atoms with Gasteiger partial charge in [0.15, 0.2) is 0 Å². The Morgan fingerprint density at radius 3 is 2.78 bits per heavy atom. The molecule has 1 fully saturated rings. The molecular formula is C15H12BrN3O4. The molecule has 118 valence electrons. The van der Waals surface area contributed by atoms with Crippen LogP contribution in [0, 0.1) is 5.92 Å². The molecule has 1 aromatic carbocycles. The number of aromatic nitrogens is 1. The van der Waals surface area contributed by atoms with Crippen LogP contribution in [0.15, 0.2) is 28.9 Å². The van der Waals surface area contributed by atoms with Gasteiger partial charge in [0.25, 0.3) is 0 Å². The fraction of sp³-hybridized carbons (Fsp3) is 0.200. The maximum atomic E-state index is 12.4. The molecule has 0 radical (unpaired) electrons. The third-order valence-corrected chi connectivity index (χ3v) is 4.18. The van der Waals surface area contributed by atoms with Crippen LogP contribution >= 0.6 is 15.9 Å². The van der Waals surface area contributed by atoms with Crippen molar-refractivity contribution in [3.63, 3.8) is 0 Å². The first-order valence-electron chi connectivity index (χ1n) is 6.88. The number of urea groups is 1. The third kappa shape index (κ3) is 3.02. The molecule has 1 saturated heterocycles. The summed E-state index contributed by atoms with van der Waals surface area (Å²) in [6, 6.07) is 4.78. The van der Waals surface area contributed by atoms with Gasteiger partial charge in [0.05, 0.1) is 11.5 Å². The van der Waals surface area contributed by atoms with E-state index in [1.165, 1.54) is 6.20 Å². The SMILES string of the molecule is O=C1NCC(CC(=O)C(=O)c2c[nH]c3ccc(Br)cc23)C(=O)N1. The highest BCUT2D eigenvalue weighted by atomic mass is 79.9. The lowest BCUT2D eigenvalue weighted by atomic mass is 9.95. The van der Waals surface area contributed by atoms with Crippen molar-refractivity contribution in [2.75, 3.05) is 6.54 Å². The summed E-state index contributed by atoms with van der Waals surface area (Å²) >= 11 is 3.33. The van der Waals surface area contributed by atoms with Crippen LogP contribution < -0.4 is 10.6 Å². The predicted molar refractivity (Wildman–Crippen MR) is 85.0 cm³/mol. The molecule has 3 N–H and O–H groups in total. The van der Waals surface area contributed by atoms with Gasteiger partial charge in [-0.2, -0.15) is 0 Å². The van der Waals surface area contributed by atoms with E-state index in [9.17, 15) is 19.2 Å². The highest BCUT2D eigenvalue weighted by molar-refractivity contribution is 9.10. The second kappa shape index (κ2) is 5.96. The van der Waals surface area contributed by atoms with E-state index in [4.69, 9.17) is 0 Å². The molecule has 1 aliphatic heterocycles. The number of halogens is 1. The first kappa shape index (κ1) is 15.4. The van der Waals surface area contributed by atoms with Crippen molar-refractivity contribution in [2.24, 2.45) is 5.92 Å². The molecule has 1 aliphatic rings. The molecule has 0 saturated carbocycles. The zero-order valence-electron chi connectivity index (χ0n) is 11.8. The Balaban J connectivity index is 1.79. The minimum atomic E-state index is -0.735. The Morgan fingerprint density at radius 2 is 2.04 bits per heavy atom. The Hall–Kier alpha value is -2.48. The molecule has 23 heavy (non-hydrogen) atoms. The molecule has 1 atom stereocenters. The number of aromatic amines is 1. The van der Waals surface area contributed by atoms with Crippen LogP contribution in [0.5, 0.6) is 0 Å². The number of imide groups is 1. The lowest BCUT2D eigenvalue weighted by Crippen LogP contribution is -2.52. The van der Waals surface area contributed by atoms with Crippen molar-refractivity contribution in [3.8, 4) is 0 Å². The van der Waals surface area contributed by atoms with Crippen LogP contribution in [0.4, 0.5) is 4.79 Å². The van der Waals surface area contributed by atoms with Crippen molar-refractivity contribution in [3.05, 3.63) is 34.4 Å². The Morgan fingerprint density at radius 1 is 1.26 bits per heavy atom. The van der Waals surface area contributed by atoms with Gasteiger partial charge < -0.3 is 10.3 Å². The highest BCUT2D eigenvalue weighted by Gasteiger charge is 2.31. The summed E-state index contributed by atoms with van der Waals surface area (Å²) in [7, 11) is 0. The molecule has 0 spiro atoms. The molecule has 8 heteroatoms. The number of amides is 3. The molecule has 0 aliphatic carbocycles. The van der Waals surface area contributed by atoms with Crippen LogP contribution in [-0.4, -0.2) is 35.0 Å². The lowest BCUT2D eigenvalue weighted by molar-refractivity contribution is -0.127. The third-order valence-electron chi connectivity index (χ3n) is 3.69. The van der Waals surface area contributed by atoms with E-state index < -0.39 is 29.4 Å². The fourth-order valence-electron chi connectivity index (χ4n) is 2.48. The monoisotopic (exact) mass is 377 g/mol. The van der Waals surface area contributed by atoms with Gasteiger partial charge in [0.2, 0.25) is 17.5 Å². The molecule has 7 nitrogen and oxygen atoms in total. The Kier molecular flexibility index (Phi) is 3.99. The zero-order chi connectivity index (χ0) is 16.6. The number of fused-ring (bicyclic) bond motifs is 1. The average Bonchev–Trinajstić information content (AvgIpc) is 2.92. The molecule has 1 unspecified atom stereocenters. The summed E-state index contributed by atoms with van der Waals surface area (Å²) in [4.78, 5) is 50.2. The molecule has 3 amide bonds. The van der Waals surface area contributed by atoms with E-state index in [2.05, 4.69) is 31.5 Å². The molecule has 2 aromatic rings. The van der Waals surface area contributed by atoms with Gasteiger partial charge in [-0.3, -0.25) is 19.7 Å². The maximum absolute atomic E-state index is 12.4. The van der Waals surface area contributed by atoms with E-state index in [1.807, 2.05) is 6.07 Å². The van der Waals surface area contributed by atoms with Crippen LogP contribution in [0.1, 0.15) is 16.8 Å². The van der Waals surface area contributed by atoms with E-state index >= 15 is 0 Å². The number of nitrogens with one attached hydrogen (secondary N) is 3. The van der Waals surface area contributed by atoms with Gasteiger partial charge in [-0.25, -0.2) is 4.79 Å². The van der Waals surface area contributed by atoms with Crippen LogP contribution in [0.2, 0.25) is 0 Å². The standard InChI is InChI=1S/C15H12BrN3O4/c16-8-1-2-11-9(4-8)10(6-17-11)13(21)12(20)3-7-5-18-15(23)19-14(7)22/h1-2,4,6-7,17H,3,5H2,(H2,18,19,22,23). The number of hydrogen-bond donors (Lipinski definition) is 3. The van der Waals surface area contributed by atoms with E-state index in [0.717, 1.165) is 9.99 Å². The number of hydrogen-bond acceptors (Lipinski definition) is 4. The fourth-order valence-corrected chi connectivity index (χ4v) is 2.84. The smallest absolute Gasteiger partial charge is 0.321 e. The van der Waals surface area contributed by atoms with Gasteiger partial charge in [-0.15, -0.1) is 0 Å². The summed E-state index contributed by atoms with van der Waals surface area (Å²) in [5.41, 5.74) is 1.01. The lowest BCUT2D eigenvalue weighted by Gasteiger charge is -2.21. The van der Waals surface area contributed by atoms with Crippen LogP contribution in [0.3, 0.4) is 0 Å². The van der Waals surface area contributed by atoms with E-state index in [-0.39, 0.29) is 18.5 Å². The van der Waals surface area contributed by atoms with Crippen molar-refractivity contribution in [1.82, 2.24) is 15.6 Å². The normalized spacial score (nSPS) is 17.7. The van der Waals surface area contributed by atoms with Crippen LogP contribution in [0.25, 0.3) is 10.9 Å². The molecular weight excluding hydrogens is 366 g/mol. The van der Waals surface area contributed by atoms with Gasteiger partial charge in [-0.05, 0) is 18.2 Å². The first-order valence-corrected chi connectivity index (χ1v) is 7.68. The largest absolute Gasteiger partial charge is 0.360 e. The molecule has 0 bridgehead atoms. The second-order valence-electron chi connectivity index (χ2n) is 5.24. The number of rotatable bonds is 4. The first-order chi connectivity index (χ1) is 11.0. The summed E-state index contributed by atoms with van der Waals surface area (Å²) in [5, 5.41) is 5.15. The number of H-pyrrole nitrogens is 1. The minimum absolute atomic E-state index is 0.0448. The predicted octanol–water partition coefficient (Wildman–Crippen LogP) is 1.53. The van der Waals surface area contributed by atoms with Crippen molar-refractivity contribution < 1.29 is 19.2 Å². The topological polar surface area (TPSA) is 108 Å². The molecule has 3 rings (SSSR count).